The van der Waals surface area contributed by atoms with Gasteiger partial charge < -0.3 is 35.1 Å². The highest BCUT2D eigenvalue weighted by Crippen LogP contribution is 2.43. The van der Waals surface area contributed by atoms with Crippen LogP contribution >= 0.6 is 0 Å². The second kappa shape index (κ2) is 14.9. The van der Waals surface area contributed by atoms with E-state index in [0.717, 1.165) is 12.1 Å². The van der Waals surface area contributed by atoms with Gasteiger partial charge in [0, 0.05) is 48.2 Å². The van der Waals surface area contributed by atoms with Crippen LogP contribution in [0.3, 0.4) is 0 Å². The Morgan fingerprint density at radius 3 is 2.64 bits per heavy atom. The summed E-state index contributed by atoms with van der Waals surface area (Å²) >= 11 is 0. The Labute approximate surface area is 260 Å². The zero-order valence-electron chi connectivity index (χ0n) is 25.6. The average Bonchev–Trinajstić information content (AvgIpc) is 2.97. The van der Waals surface area contributed by atoms with Crippen molar-refractivity contribution in [2.45, 2.75) is 45.7 Å². The van der Waals surface area contributed by atoms with Gasteiger partial charge in [-0.2, -0.15) is 5.26 Å². The fourth-order valence-electron chi connectivity index (χ4n) is 4.92. The van der Waals surface area contributed by atoms with E-state index in [0.29, 0.717) is 47.8 Å². The molecule has 3 N–H and O–H groups in total. The summed E-state index contributed by atoms with van der Waals surface area (Å²) in [5, 5.41) is 19.4. The summed E-state index contributed by atoms with van der Waals surface area (Å²) < 4.78 is 56.0. The number of ether oxygens (including phenoxy) is 3. The van der Waals surface area contributed by atoms with Gasteiger partial charge in [0.2, 0.25) is 5.91 Å². The molecule has 4 rings (SSSR count). The Morgan fingerprint density at radius 1 is 1.16 bits per heavy atom. The second-order valence-corrected chi connectivity index (χ2v) is 10.8. The van der Waals surface area contributed by atoms with E-state index in [2.05, 4.69) is 31.7 Å². The largest absolute Gasteiger partial charge is 0.573 e. The van der Waals surface area contributed by atoms with Crippen molar-refractivity contribution in [1.29, 1.82) is 5.26 Å². The molecule has 1 aliphatic rings. The van der Waals surface area contributed by atoms with Gasteiger partial charge in [0.15, 0.2) is 11.5 Å². The number of aromatic nitrogens is 1. The van der Waals surface area contributed by atoms with E-state index < -0.39 is 24.1 Å². The van der Waals surface area contributed by atoms with Crippen LogP contribution in [0.2, 0.25) is 0 Å². The van der Waals surface area contributed by atoms with Crippen LogP contribution in [-0.2, 0) is 11.4 Å². The Kier molecular flexibility index (Phi) is 11.0. The minimum Gasteiger partial charge on any atom is -0.492 e. The van der Waals surface area contributed by atoms with Gasteiger partial charge in [0.05, 0.1) is 36.0 Å². The standard InChI is InChI=1S/C32H37F3N6O4/c1-5-43-28-16-24-23(15-25(28)40-30(42)9-7-13-41(3)4)31(21(17-36)18-38-24)39-22-10-11-27(29(14-22)45-32(33,34)35)44-19-26-20(2)8-6-12-37-26/h6,8,10-12,14-16,21,31,38-39H,5,7,9,13,18-19H2,1-4H3,(H,40,42). The van der Waals surface area contributed by atoms with Crippen LogP contribution in [0, 0.1) is 24.2 Å². The highest BCUT2D eigenvalue weighted by Gasteiger charge is 2.34. The molecule has 0 radical (unpaired) electrons. The fraction of sp³-hybridized carbons (Fsp3) is 0.406. The third kappa shape index (κ3) is 9.15. The molecule has 0 bridgehead atoms. The summed E-state index contributed by atoms with van der Waals surface area (Å²) in [4.78, 5) is 19.0. The normalized spacial score (nSPS) is 15.8. The van der Waals surface area contributed by atoms with Crippen LogP contribution in [0.4, 0.5) is 30.2 Å². The minimum atomic E-state index is -4.97. The molecule has 2 unspecified atom stereocenters. The van der Waals surface area contributed by atoms with Crippen molar-refractivity contribution in [2.24, 2.45) is 5.92 Å². The molecule has 1 aliphatic heterocycles. The number of rotatable bonds is 13. The summed E-state index contributed by atoms with van der Waals surface area (Å²) in [6, 6.07) is 12.8. The SMILES string of the molecule is CCOc1cc2c(cc1NC(=O)CCCN(C)C)C(Nc1ccc(OCc3ncccc3C)c(OC(F)(F)F)c1)C(C#N)CN2. The van der Waals surface area contributed by atoms with E-state index in [1.54, 1.807) is 30.5 Å². The van der Waals surface area contributed by atoms with Crippen LogP contribution < -0.4 is 30.2 Å². The molecule has 1 aromatic heterocycles. The zero-order valence-corrected chi connectivity index (χ0v) is 25.6. The molecule has 2 aromatic carbocycles. The number of amides is 1. The number of hydrogen-bond donors (Lipinski definition) is 3. The van der Waals surface area contributed by atoms with Crippen molar-refractivity contribution in [3.63, 3.8) is 0 Å². The van der Waals surface area contributed by atoms with Crippen LogP contribution in [-0.4, -0.2) is 55.9 Å². The minimum absolute atomic E-state index is 0.0579. The maximum Gasteiger partial charge on any atom is 0.573 e. The molecular formula is C32H37F3N6O4. The number of nitrogens with one attached hydrogen (secondary N) is 3. The van der Waals surface area contributed by atoms with Gasteiger partial charge in [0.1, 0.15) is 12.4 Å². The van der Waals surface area contributed by atoms with E-state index in [-0.39, 0.29) is 30.5 Å². The Hall–Kier alpha value is -4.70. The molecule has 0 saturated heterocycles. The third-order valence-corrected chi connectivity index (χ3v) is 7.12. The number of anilines is 3. The molecule has 0 fully saturated rings. The van der Waals surface area contributed by atoms with Crippen molar-refractivity contribution in [3.05, 3.63) is 65.5 Å². The lowest BCUT2D eigenvalue weighted by molar-refractivity contribution is -0.275. The fourth-order valence-corrected chi connectivity index (χ4v) is 4.92. The van der Waals surface area contributed by atoms with E-state index in [1.165, 1.54) is 12.1 Å². The molecule has 10 nitrogen and oxygen atoms in total. The summed E-state index contributed by atoms with van der Waals surface area (Å²) in [5.74, 6) is -0.987. The van der Waals surface area contributed by atoms with Crippen LogP contribution in [0.1, 0.15) is 42.6 Å². The predicted octanol–water partition coefficient (Wildman–Crippen LogP) is 6.27. The summed E-state index contributed by atoms with van der Waals surface area (Å²) in [6.45, 7) is 4.99. The van der Waals surface area contributed by atoms with E-state index in [1.807, 2.05) is 38.9 Å². The molecule has 3 aromatic rings. The number of carbonyl (C=O) groups is 1. The first kappa shape index (κ1) is 33.2. The number of carbonyl (C=O) groups excluding carboxylic acids is 1. The highest BCUT2D eigenvalue weighted by molar-refractivity contribution is 5.93. The van der Waals surface area contributed by atoms with Crippen LogP contribution in [0.15, 0.2) is 48.7 Å². The van der Waals surface area contributed by atoms with Gasteiger partial charge in [0.25, 0.3) is 0 Å². The Morgan fingerprint density at radius 2 is 1.96 bits per heavy atom. The second-order valence-electron chi connectivity index (χ2n) is 10.8. The first-order valence-corrected chi connectivity index (χ1v) is 14.6. The lowest BCUT2D eigenvalue weighted by atomic mass is 9.88. The van der Waals surface area contributed by atoms with E-state index >= 15 is 0 Å². The van der Waals surface area contributed by atoms with Gasteiger partial charge in [-0.05, 0) is 70.7 Å². The molecule has 13 heteroatoms. The number of benzene rings is 2. The highest BCUT2D eigenvalue weighted by atomic mass is 19.4. The number of aryl methyl sites for hydroxylation is 1. The molecule has 0 saturated carbocycles. The van der Waals surface area contributed by atoms with E-state index in [4.69, 9.17) is 9.47 Å². The first-order valence-electron chi connectivity index (χ1n) is 14.6. The molecule has 0 spiro atoms. The van der Waals surface area contributed by atoms with Crippen molar-refractivity contribution < 1.29 is 32.2 Å². The molecule has 45 heavy (non-hydrogen) atoms. The maximum atomic E-state index is 13.4. The van der Waals surface area contributed by atoms with Crippen LogP contribution in [0.5, 0.6) is 17.2 Å². The molecular weight excluding hydrogens is 589 g/mol. The van der Waals surface area contributed by atoms with Crippen molar-refractivity contribution in [3.8, 4) is 23.3 Å². The van der Waals surface area contributed by atoms with Gasteiger partial charge in [-0.25, -0.2) is 0 Å². The number of hydrogen-bond acceptors (Lipinski definition) is 9. The zero-order chi connectivity index (χ0) is 32.6. The molecule has 0 aliphatic carbocycles. The van der Waals surface area contributed by atoms with Gasteiger partial charge in [-0.1, -0.05) is 6.07 Å². The number of halogens is 3. The predicted molar refractivity (Wildman–Crippen MR) is 164 cm³/mol. The van der Waals surface area contributed by atoms with Gasteiger partial charge in [-0.15, -0.1) is 13.2 Å². The third-order valence-electron chi connectivity index (χ3n) is 7.12. The van der Waals surface area contributed by atoms with Crippen molar-refractivity contribution in [1.82, 2.24) is 9.88 Å². The maximum absolute atomic E-state index is 13.4. The Balaban J connectivity index is 1.63. The van der Waals surface area contributed by atoms with Gasteiger partial charge >= 0.3 is 6.36 Å². The van der Waals surface area contributed by atoms with E-state index in [9.17, 15) is 23.2 Å². The number of nitrogens with zero attached hydrogens (tertiary/aromatic N) is 3. The average molecular weight is 627 g/mol. The summed E-state index contributed by atoms with van der Waals surface area (Å²) in [5.41, 5.74) is 3.43. The number of nitriles is 1. The monoisotopic (exact) mass is 626 g/mol. The number of pyridine rings is 1. The van der Waals surface area contributed by atoms with Gasteiger partial charge in [-0.3, -0.25) is 9.78 Å². The lowest BCUT2D eigenvalue weighted by Gasteiger charge is -2.33. The molecule has 2 atom stereocenters. The smallest absolute Gasteiger partial charge is 0.492 e. The Bertz CT molecular complexity index is 1530. The number of alkyl halides is 3. The lowest BCUT2D eigenvalue weighted by Crippen LogP contribution is -2.31. The molecule has 240 valence electrons. The quantitative estimate of drug-likeness (QED) is 0.202. The topological polar surface area (TPSA) is 121 Å². The summed E-state index contributed by atoms with van der Waals surface area (Å²) in [6.07, 6.45) is -2.42. The number of fused-ring (bicyclic) bond motifs is 1. The first-order chi connectivity index (χ1) is 21.5. The molecule has 1 amide bonds. The summed E-state index contributed by atoms with van der Waals surface area (Å²) in [7, 11) is 3.87. The van der Waals surface area contributed by atoms with Crippen molar-refractivity contribution in [2.75, 3.05) is 49.7 Å². The van der Waals surface area contributed by atoms with Crippen LogP contribution in [0.25, 0.3) is 0 Å². The molecule has 2 heterocycles. The van der Waals surface area contributed by atoms with Crippen molar-refractivity contribution >= 4 is 23.0 Å².